The van der Waals surface area contributed by atoms with Crippen molar-refractivity contribution < 1.29 is 0 Å². The minimum Gasteiger partial charge on any atom is -0.383 e. The Balaban J connectivity index is 2.97. The van der Waals surface area contributed by atoms with Crippen LogP contribution in [0.4, 0.5) is 5.82 Å². The van der Waals surface area contributed by atoms with Gasteiger partial charge < -0.3 is 5.73 Å². The van der Waals surface area contributed by atoms with Crippen LogP contribution in [0.25, 0.3) is 0 Å². The highest BCUT2D eigenvalue weighted by molar-refractivity contribution is 5.47. The fourth-order valence-corrected chi connectivity index (χ4v) is 1.36. The summed E-state index contributed by atoms with van der Waals surface area (Å²) in [5.41, 5.74) is 6.24. The average molecular weight is 192 g/mol. The lowest BCUT2D eigenvalue weighted by atomic mass is 10.0. The number of hydrogen-bond acceptors (Lipinski definition) is 3. The van der Waals surface area contributed by atoms with Crippen molar-refractivity contribution in [2.45, 2.75) is 33.2 Å². The van der Waals surface area contributed by atoms with Crippen molar-refractivity contribution in [2.75, 3.05) is 5.73 Å². The van der Waals surface area contributed by atoms with Crippen LogP contribution < -0.4 is 5.73 Å². The van der Waals surface area contributed by atoms with Crippen LogP contribution >= 0.6 is 0 Å². The average Bonchev–Trinajstić information content (AvgIpc) is 2.57. The van der Waals surface area contributed by atoms with Gasteiger partial charge in [-0.25, -0.2) is 4.68 Å². The molecule has 0 saturated heterocycles. The molecule has 0 aliphatic carbocycles. The molecule has 0 fully saturated rings. The summed E-state index contributed by atoms with van der Waals surface area (Å²) in [6, 6.07) is 2.26. The third-order valence-electron chi connectivity index (χ3n) is 2.81. The SMILES string of the molecule is CCC(C)C(C)n1ncc(C#N)c1N. The number of nitrogens with two attached hydrogens (primary N) is 1. The maximum absolute atomic E-state index is 8.73. The van der Waals surface area contributed by atoms with E-state index in [1.807, 2.05) is 6.07 Å². The lowest BCUT2D eigenvalue weighted by Gasteiger charge is -2.19. The molecule has 0 amide bonds. The Kier molecular flexibility index (Phi) is 3.13. The third kappa shape index (κ3) is 1.72. The second kappa shape index (κ2) is 4.14. The molecule has 76 valence electrons. The molecule has 14 heavy (non-hydrogen) atoms. The Morgan fingerprint density at radius 2 is 2.29 bits per heavy atom. The molecule has 4 nitrogen and oxygen atoms in total. The van der Waals surface area contributed by atoms with Gasteiger partial charge in [-0.15, -0.1) is 0 Å². The zero-order chi connectivity index (χ0) is 10.7. The van der Waals surface area contributed by atoms with Crippen LogP contribution in [-0.2, 0) is 0 Å². The maximum Gasteiger partial charge on any atom is 0.140 e. The first kappa shape index (κ1) is 10.6. The number of aromatic nitrogens is 2. The Morgan fingerprint density at radius 1 is 1.64 bits per heavy atom. The van der Waals surface area contributed by atoms with E-state index in [0.717, 1.165) is 6.42 Å². The lowest BCUT2D eigenvalue weighted by Crippen LogP contribution is -2.16. The molecule has 0 aromatic carbocycles. The Morgan fingerprint density at radius 3 is 2.71 bits per heavy atom. The summed E-state index contributed by atoms with van der Waals surface area (Å²) in [4.78, 5) is 0. The Labute approximate surface area is 84.3 Å². The van der Waals surface area contributed by atoms with Gasteiger partial charge in [0.05, 0.1) is 12.2 Å². The number of rotatable bonds is 3. The van der Waals surface area contributed by atoms with E-state index in [1.165, 1.54) is 6.20 Å². The number of anilines is 1. The molecule has 0 spiro atoms. The fraction of sp³-hybridized carbons (Fsp3) is 0.600. The molecule has 0 bridgehead atoms. The summed E-state index contributed by atoms with van der Waals surface area (Å²) >= 11 is 0. The summed E-state index contributed by atoms with van der Waals surface area (Å²) in [5.74, 6) is 0.976. The van der Waals surface area contributed by atoms with E-state index in [0.29, 0.717) is 17.3 Å². The summed E-state index contributed by atoms with van der Waals surface area (Å²) in [5, 5.41) is 12.9. The van der Waals surface area contributed by atoms with Gasteiger partial charge in [-0.05, 0) is 12.8 Å². The van der Waals surface area contributed by atoms with Gasteiger partial charge in [-0.1, -0.05) is 20.3 Å². The summed E-state index contributed by atoms with van der Waals surface area (Å²) in [6.07, 6.45) is 2.59. The van der Waals surface area contributed by atoms with Crippen LogP contribution in [-0.4, -0.2) is 9.78 Å². The van der Waals surface area contributed by atoms with Gasteiger partial charge in [0.25, 0.3) is 0 Å². The molecule has 1 rings (SSSR count). The van der Waals surface area contributed by atoms with Crippen molar-refractivity contribution in [1.82, 2.24) is 9.78 Å². The van der Waals surface area contributed by atoms with Crippen LogP contribution in [0.3, 0.4) is 0 Å². The molecule has 2 N–H and O–H groups in total. The van der Waals surface area contributed by atoms with E-state index in [9.17, 15) is 0 Å². The van der Waals surface area contributed by atoms with Crippen LogP contribution in [0.1, 0.15) is 38.8 Å². The zero-order valence-electron chi connectivity index (χ0n) is 8.86. The second-order valence-electron chi connectivity index (χ2n) is 3.63. The van der Waals surface area contributed by atoms with Gasteiger partial charge in [0, 0.05) is 0 Å². The topological polar surface area (TPSA) is 67.6 Å². The lowest BCUT2D eigenvalue weighted by molar-refractivity contribution is 0.347. The van der Waals surface area contributed by atoms with E-state index >= 15 is 0 Å². The largest absolute Gasteiger partial charge is 0.383 e. The molecule has 0 radical (unpaired) electrons. The molecule has 0 aliphatic rings. The van der Waals surface area contributed by atoms with Gasteiger partial charge in [0.15, 0.2) is 0 Å². The van der Waals surface area contributed by atoms with Crippen molar-refractivity contribution in [3.8, 4) is 6.07 Å². The highest BCUT2D eigenvalue weighted by atomic mass is 15.3. The predicted octanol–water partition coefficient (Wildman–Crippen LogP) is 1.94. The van der Waals surface area contributed by atoms with Gasteiger partial charge in [-0.2, -0.15) is 10.4 Å². The van der Waals surface area contributed by atoms with E-state index in [-0.39, 0.29) is 6.04 Å². The monoisotopic (exact) mass is 192 g/mol. The summed E-state index contributed by atoms with van der Waals surface area (Å²) < 4.78 is 1.73. The van der Waals surface area contributed by atoms with E-state index in [1.54, 1.807) is 4.68 Å². The smallest absolute Gasteiger partial charge is 0.140 e. The molecule has 4 heteroatoms. The van der Waals surface area contributed by atoms with Crippen molar-refractivity contribution in [3.05, 3.63) is 11.8 Å². The predicted molar refractivity (Wildman–Crippen MR) is 55.5 cm³/mol. The molecule has 1 aromatic rings. The molecule has 1 aromatic heterocycles. The first-order valence-corrected chi connectivity index (χ1v) is 4.84. The van der Waals surface area contributed by atoms with Crippen molar-refractivity contribution >= 4 is 5.82 Å². The standard InChI is InChI=1S/C10H16N4/c1-4-7(2)8(3)14-10(12)9(5-11)6-13-14/h6-8H,4,12H2,1-3H3. The van der Waals surface area contributed by atoms with Crippen molar-refractivity contribution in [2.24, 2.45) is 5.92 Å². The first-order chi connectivity index (χ1) is 6.61. The van der Waals surface area contributed by atoms with E-state index in [4.69, 9.17) is 11.0 Å². The highest BCUT2D eigenvalue weighted by Crippen LogP contribution is 2.23. The van der Waals surface area contributed by atoms with Gasteiger partial charge in [-0.3, -0.25) is 0 Å². The molecular formula is C10H16N4. The van der Waals surface area contributed by atoms with E-state index < -0.39 is 0 Å². The molecular weight excluding hydrogens is 176 g/mol. The molecule has 2 unspecified atom stereocenters. The quantitative estimate of drug-likeness (QED) is 0.795. The second-order valence-corrected chi connectivity index (χ2v) is 3.63. The van der Waals surface area contributed by atoms with Crippen LogP contribution in [0.15, 0.2) is 6.20 Å². The summed E-state index contributed by atoms with van der Waals surface area (Å²) in [7, 11) is 0. The fourth-order valence-electron chi connectivity index (χ4n) is 1.36. The number of hydrogen-bond donors (Lipinski definition) is 1. The normalized spacial score (nSPS) is 14.7. The zero-order valence-corrected chi connectivity index (χ0v) is 8.86. The molecule has 1 heterocycles. The van der Waals surface area contributed by atoms with Gasteiger partial charge >= 0.3 is 0 Å². The van der Waals surface area contributed by atoms with Gasteiger partial charge in [0.2, 0.25) is 0 Å². The number of nitrogen functional groups attached to an aromatic ring is 1. The highest BCUT2D eigenvalue weighted by Gasteiger charge is 2.17. The van der Waals surface area contributed by atoms with Crippen LogP contribution in [0.2, 0.25) is 0 Å². The van der Waals surface area contributed by atoms with Crippen molar-refractivity contribution in [1.29, 1.82) is 5.26 Å². The first-order valence-electron chi connectivity index (χ1n) is 4.84. The number of nitriles is 1. The van der Waals surface area contributed by atoms with Crippen molar-refractivity contribution in [3.63, 3.8) is 0 Å². The minimum atomic E-state index is 0.238. The van der Waals surface area contributed by atoms with Crippen LogP contribution in [0, 0.1) is 17.2 Å². The van der Waals surface area contributed by atoms with E-state index in [2.05, 4.69) is 25.9 Å². The van der Waals surface area contributed by atoms with Gasteiger partial charge in [0.1, 0.15) is 17.5 Å². The Bertz CT molecular complexity index is 347. The maximum atomic E-state index is 8.73. The molecule has 0 aliphatic heterocycles. The molecule has 0 saturated carbocycles. The van der Waals surface area contributed by atoms with Crippen LogP contribution in [0.5, 0.6) is 0 Å². The number of nitrogens with zero attached hydrogens (tertiary/aromatic N) is 3. The Hall–Kier alpha value is -1.50. The minimum absolute atomic E-state index is 0.238. The third-order valence-corrected chi connectivity index (χ3v) is 2.81. The summed E-state index contributed by atoms with van der Waals surface area (Å²) in [6.45, 7) is 6.35. The molecule has 2 atom stereocenters.